The largest absolute Gasteiger partial charge is 0.493 e. The molecule has 126 valence electrons. The fraction of sp³-hybridized carbons (Fsp3) is 0.529. The van der Waals surface area contributed by atoms with Crippen molar-refractivity contribution in [2.24, 2.45) is 0 Å². The second-order valence-corrected chi connectivity index (χ2v) is 5.51. The first kappa shape index (κ1) is 17.1. The molecule has 1 aromatic rings. The molecule has 1 aromatic carbocycles. The van der Waals surface area contributed by atoms with Crippen LogP contribution < -0.4 is 14.8 Å². The van der Waals surface area contributed by atoms with Crippen molar-refractivity contribution in [2.45, 2.75) is 38.2 Å². The third-order valence-electron chi connectivity index (χ3n) is 3.89. The zero-order valence-electron chi connectivity index (χ0n) is 13.6. The van der Waals surface area contributed by atoms with Gasteiger partial charge in [0.05, 0.1) is 20.3 Å². The van der Waals surface area contributed by atoms with Crippen molar-refractivity contribution in [3.63, 3.8) is 0 Å². The van der Waals surface area contributed by atoms with Gasteiger partial charge in [-0.25, -0.2) is 4.79 Å². The number of methoxy groups -OCH3 is 2. The van der Waals surface area contributed by atoms with E-state index in [1.54, 1.807) is 7.11 Å². The maximum atomic E-state index is 11.3. The van der Waals surface area contributed by atoms with E-state index in [2.05, 4.69) is 10.1 Å². The number of amides is 1. The molecule has 23 heavy (non-hydrogen) atoms. The van der Waals surface area contributed by atoms with Crippen LogP contribution in [-0.2, 0) is 20.7 Å². The molecule has 0 saturated heterocycles. The summed E-state index contributed by atoms with van der Waals surface area (Å²) in [6.07, 6.45) is 5.38. The van der Waals surface area contributed by atoms with Crippen LogP contribution in [0.2, 0.25) is 0 Å². The lowest BCUT2D eigenvalue weighted by molar-refractivity contribution is -0.152. The fourth-order valence-corrected chi connectivity index (χ4v) is 2.64. The lowest BCUT2D eigenvalue weighted by Crippen LogP contribution is -2.33. The van der Waals surface area contributed by atoms with Gasteiger partial charge < -0.3 is 19.5 Å². The number of hydrogen-bond donors (Lipinski definition) is 1. The molecule has 1 aliphatic carbocycles. The molecule has 0 heterocycles. The van der Waals surface area contributed by atoms with Gasteiger partial charge in [0.25, 0.3) is 0 Å². The highest BCUT2D eigenvalue weighted by Gasteiger charge is 2.18. The molecule has 1 amide bonds. The van der Waals surface area contributed by atoms with Crippen molar-refractivity contribution in [3.05, 3.63) is 23.8 Å². The van der Waals surface area contributed by atoms with Crippen LogP contribution in [0.1, 0.15) is 31.2 Å². The zero-order valence-corrected chi connectivity index (χ0v) is 13.6. The Morgan fingerprint density at radius 1 is 1.17 bits per heavy atom. The van der Waals surface area contributed by atoms with Gasteiger partial charge >= 0.3 is 11.9 Å². The predicted octanol–water partition coefficient (Wildman–Crippen LogP) is 1.85. The van der Waals surface area contributed by atoms with Crippen LogP contribution in [0.5, 0.6) is 11.5 Å². The van der Waals surface area contributed by atoms with E-state index in [9.17, 15) is 9.59 Å². The Kier molecular flexibility index (Phi) is 6.26. The average Bonchev–Trinajstić information content (AvgIpc) is 3.07. The summed E-state index contributed by atoms with van der Waals surface area (Å²) in [5, 5.41) is 2.52. The van der Waals surface area contributed by atoms with Gasteiger partial charge in [0.2, 0.25) is 0 Å². The van der Waals surface area contributed by atoms with Crippen LogP contribution in [0.4, 0.5) is 0 Å². The van der Waals surface area contributed by atoms with Crippen LogP contribution in [0.25, 0.3) is 0 Å². The Labute approximate surface area is 136 Å². The molecular weight excluding hydrogens is 298 g/mol. The Bertz CT molecular complexity index is 552. The second-order valence-electron chi connectivity index (χ2n) is 5.51. The van der Waals surface area contributed by atoms with Crippen molar-refractivity contribution in [1.82, 2.24) is 5.32 Å². The second kappa shape index (κ2) is 8.41. The van der Waals surface area contributed by atoms with E-state index in [4.69, 9.17) is 9.47 Å². The monoisotopic (exact) mass is 321 g/mol. The quantitative estimate of drug-likeness (QED) is 0.639. The highest BCUT2D eigenvalue weighted by molar-refractivity contribution is 6.32. The molecule has 0 atom stereocenters. The number of nitrogens with one attached hydrogen (secondary N) is 1. The van der Waals surface area contributed by atoms with Crippen LogP contribution in [0, 0.1) is 0 Å². The van der Waals surface area contributed by atoms with E-state index in [1.165, 1.54) is 20.0 Å². The van der Waals surface area contributed by atoms with E-state index in [1.807, 2.05) is 18.2 Å². The first-order valence-corrected chi connectivity index (χ1v) is 7.83. The molecule has 0 unspecified atom stereocenters. The van der Waals surface area contributed by atoms with Gasteiger partial charge in [-0.2, -0.15) is 0 Å². The van der Waals surface area contributed by atoms with Gasteiger partial charge in [0.15, 0.2) is 11.5 Å². The Hall–Kier alpha value is -2.24. The molecule has 1 aliphatic rings. The van der Waals surface area contributed by atoms with E-state index in [0.29, 0.717) is 18.7 Å². The van der Waals surface area contributed by atoms with E-state index in [-0.39, 0.29) is 6.10 Å². The van der Waals surface area contributed by atoms with Gasteiger partial charge in [-0.1, -0.05) is 6.07 Å². The maximum Gasteiger partial charge on any atom is 0.396 e. The minimum atomic E-state index is -0.884. The Morgan fingerprint density at radius 2 is 1.91 bits per heavy atom. The maximum absolute atomic E-state index is 11.3. The van der Waals surface area contributed by atoms with Gasteiger partial charge in [0.1, 0.15) is 0 Å². The van der Waals surface area contributed by atoms with E-state index >= 15 is 0 Å². The summed E-state index contributed by atoms with van der Waals surface area (Å²) in [6.45, 7) is 0.350. The number of carbonyl (C=O) groups is 2. The third kappa shape index (κ3) is 4.87. The molecule has 6 nitrogen and oxygen atoms in total. The van der Waals surface area contributed by atoms with Gasteiger partial charge in [0, 0.05) is 6.54 Å². The van der Waals surface area contributed by atoms with Gasteiger partial charge in [-0.15, -0.1) is 0 Å². The summed E-state index contributed by atoms with van der Waals surface area (Å²) in [5.74, 6) is -0.177. The first-order valence-electron chi connectivity index (χ1n) is 7.83. The minimum absolute atomic E-state index is 0.248. The lowest BCUT2D eigenvalue weighted by atomic mass is 10.1. The molecule has 0 aromatic heterocycles. The highest BCUT2D eigenvalue weighted by atomic mass is 16.5. The van der Waals surface area contributed by atoms with E-state index < -0.39 is 11.9 Å². The summed E-state index contributed by atoms with van der Waals surface area (Å²) in [7, 11) is 2.80. The normalized spacial score (nSPS) is 14.3. The van der Waals surface area contributed by atoms with Crippen molar-refractivity contribution >= 4 is 11.9 Å². The zero-order chi connectivity index (χ0) is 16.7. The minimum Gasteiger partial charge on any atom is -0.493 e. The summed E-state index contributed by atoms with van der Waals surface area (Å²) in [4.78, 5) is 22.3. The predicted molar refractivity (Wildman–Crippen MR) is 84.6 cm³/mol. The van der Waals surface area contributed by atoms with E-state index in [0.717, 1.165) is 24.2 Å². The summed E-state index contributed by atoms with van der Waals surface area (Å²) in [6, 6.07) is 5.72. The highest BCUT2D eigenvalue weighted by Crippen LogP contribution is 2.32. The Balaban J connectivity index is 1.94. The number of esters is 1. The molecule has 0 spiro atoms. The number of hydrogen-bond acceptors (Lipinski definition) is 5. The number of rotatable bonds is 6. The Morgan fingerprint density at radius 3 is 2.57 bits per heavy atom. The summed E-state index contributed by atoms with van der Waals surface area (Å²) in [5.41, 5.74) is 1.00. The summed E-state index contributed by atoms with van der Waals surface area (Å²) < 4.78 is 15.7. The molecule has 6 heteroatoms. The number of benzene rings is 1. The molecule has 0 aliphatic heterocycles. The third-order valence-corrected chi connectivity index (χ3v) is 3.89. The molecular formula is C17H23NO5. The summed E-state index contributed by atoms with van der Waals surface area (Å²) >= 11 is 0. The average molecular weight is 321 g/mol. The first-order chi connectivity index (χ1) is 11.1. The molecule has 0 bridgehead atoms. The molecule has 1 fully saturated rings. The SMILES string of the molecule is COC(=O)C(=O)NCCc1ccc(OC)c(OC2CCCC2)c1. The molecule has 2 rings (SSSR count). The van der Waals surface area contributed by atoms with Gasteiger partial charge in [-0.05, 0) is 49.8 Å². The van der Waals surface area contributed by atoms with Crippen LogP contribution >= 0.6 is 0 Å². The number of carbonyl (C=O) groups excluding carboxylic acids is 2. The number of ether oxygens (including phenoxy) is 3. The smallest absolute Gasteiger partial charge is 0.396 e. The van der Waals surface area contributed by atoms with Crippen molar-refractivity contribution in [3.8, 4) is 11.5 Å². The standard InChI is InChI=1S/C17H23NO5/c1-21-14-8-7-12(9-10-18-16(19)17(20)22-2)11-15(14)23-13-5-3-4-6-13/h7-8,11,13H,3-6,9-10H2,1-2H3,(H,18,19). The molecule has 1 N–H and O–H groups in total. The molecule has 0 radical (unpaired) electrons. The molecule has 1 saturated carbocycles. The van der Waals surface area contributed by atoms with Gasteiger partial charge in [-0.3, -0.25) is 4.79 Å². The van der Waals surface area contributed by atoms with Crippen LogP contribution in [-0.4, -0.2) is 38.7 Å². The lowest BCUT2D eigenvalue weighted by Gasteiger charge is -2.17. The fourth-order valence-electron chi connectivity index (χ4n) is 2.64. The topological polar surface area (TPSA) is 73.9 Å². The van der Waals surface area contributed by atoms with Crippen LogP contribution in [0.3, 0.4) is 0 Å². The van der Waals surface area contributed by atoms with Crippen molar-refractivity contribution in [1.29, 1.82) is 0 Å². The van der Waals surface area contributed by atoms with Crippen molar-refractivity contribution < 1.29 is 23.8 Å². The van der Waals surface area contributed by atoms with Crippen LogP contribution in [0.15, 0.2) is 18.2 Å². The van der Waals surface area contributed by atoms with Crippen molar-refractivity contribution in [2.75, 3.05) is 20.8 Å².